The van der Waals surface area contributed by atoms with Crippen molar-refractivity contribution in [2.45, 2.75) is 84.2 Å². The molecule has 2 N–H and O–H groups in total. The third kappa shape index (κ3) is 4.70. The van der Waals surface area contributed by atoms with Crippen molar-refractivity contribution in [2.75, 3.05) is 0 Å². The minimum atomic E-state index is -0.124. The van der Waals surface area contributed by atoms with Gasteiger partial charge in [0, 0.05) is 0 Å². The Kier molecular flexibility index (Phi) is 7.78. The van der Waals surface area contributed by atoms with Gasteiger partial charge in [0.1, 0.15) is 0 Å². The number of benzene rings is 1. The van der Waals surface area contributed by atoms with Gasteiger partial charge in [-0.1, -0.05) is 0 Å². The molecule has 29 heavy (non-hydrogen) atoms. The Morgan fingerprint density at radius 3 is 2.24 bits per heavy atom. The number of allylic oxidation sites excluding steroid dienone is 2. The molecule has 155 valence electrons. The van der Waals surface area contributed by atoms with Crippen molar-refractivity contribution in [1.29, 1.82) is 0 Å². The first kappa shape index (κ1) is 22.3. The molecule has 2 aliphatic heterocycles. The Hall–Kier alpha value is -1.36. The maximum atomic E-state index is 9.70. The molecule has 1 unspecified atom stereocenters. The Morgan fingerprint density at radius 1 is 0.931 bits per heavy atom. The average Bonchev–Trinajstić information content (AvgIpc) is 3.09. The summed E-state index contributed by atoms with van der Waals surface area (Å²) in [6, 6.07) is 7.57. The van der Waals surface area contributed by atoms with Crippen LogP contribution in [0.2, 0.25) is 0 Å². The second-order valence-electron chi connectivity index (χ2n) is 8.29. The molecule has 4 heteroatoms. The van der Waals surface area contributed by atoms with E-state index in [1.807, 2.05) is 12.1 Å². The van der Waals surface area contributed by atoms with Crippen LogP contribution in [0.5, 0.6) is 5.75 Å². The van der Waals surface area contributed by atoms with Gasteiger partial charge in [0.05, 0.1) is 0 Å². The zero-order valence-electron chi connectivity index (χ0n) is 18.2. The number of hydrogen-bond acceptors (Lipinski definition) is 3. The number of aromatic hydroxyl groups is 1. The van der Waals surface area contributed by atoms with Gasteiger partial charge >= 0.3 is 190 Å². The fourth-order valence-corrected chi connectivity index (χ4v) is 5.67. The number of nitrogens with one attached hydrogen (secondary N) is 1. The predicted molar refractivity (Wildman–Crippen MR) is 123 cm³/mol. The summed E-state index contributed by atoms with van der Waals surface area (Å²) in [4.78, 5) is 2.47. The van der Waals surface area contributed by atoms with E-state index in [0.29, 0.717) is 5.75 Å². The van der Waals surface area contributed by atoms with Crippen molar-refractivity contribution in [3.05, 3.63) is 57.0 Å². The summed E-state index contributed by atoms with van der Waals surface area (Å²) in [6.07, 6.45) is 15.6. The summed E-state index contributed by atoms with van der Waals surface area (Å²) in [5.41, 5.74) is 5.42. The van der Waals surface area contributed by atoms with E-state index >= 15 is 0 Å². The first-order valence-corrected chi connectivity index (χ1v) is 12.7. The van der Waals surface area contributed by atoms with Crippen LogP contribution in [0.1, 0.15) is 84.1 Å². The van der Waals surface area contributed by atoms with Gasteiger partial charge in [0.15, 0.2) is 0 Å². The summed E-state index contributed by atoms with van der Waals surface area (Å²) >= 11 is 1.51. The molecule has 2 heterocycles. The van der Waals surface area contributed by atoms with E-state index in [2.05, 4.69) is 43.4 Å². The molecule has 3 rings (SSSR count). The second kappa shape index (κ2) is 10.1. The molecule has 1 atom stereocenters. The quantitative estimate of drug-likeness (QED) is 0.378. The van der Waals surface area contributed by atoms with Crippen LogP contribution in [0.3, 0.4) is 0 Å². The summed E-state index contributed by atoms with van der Waals surface area (Å²) in [7, 11) is 0. The van der Waals surface area contributed by atoms with Crippen molar-refractivity contribution in [1.82, 2.24) is 10.2 Å². The van der Waals surface area contributed by atoms with E-state index < -0.39 is 0 Å². The Bertz CT molecular complexity index is 794. The number of hydrogen-bond donors (Lipinski definition) is 2. The monoisotopic (exact) mass is 499 g/mol. The Labute approximate surface area is 190 Å². The van der Waals surface area contributed by atoms with E-state index in [1.165, 1.54) is 77.5 Å². The van der Waals surface area contributed by atoms with Gasteiger partial charge in [-0.05, 0) is 0 Å². The molecular formula is C25H35N2OSn. The zero-order chi connectivity index (χ0) is 20.9. The van der Waals surface area contributed by atoms with Gasteiger partial charge in [0.25, 0.3) is 0 Å². The topological polar surface area (TPSA) is 35.5 Å². The maximum absolute atomic E-state index is 9.70. The Balaban J connectivity index is 2.04. The van der Waals surface area contributed by atoms with Crippen LogP contribution in [-0.4, -0.2) is 38.2 Å². The SMILES string of the molecule is CCCCC1=C(CCCC)C2(CCCC)NC(c3ccc(O)cc3)=CN2C=[C]1[Sn]. The van der Waals surface area contributed by atoms with E-state index in [0.717, 1.165) is 17.7 Å². The first-order chi connectivity index (χ1) is 14.1. The van der Waals surface area contributed by atoms with E-state index in [9.17, 15) is 5.11 Å². The van der Waals surface area contributed by atoms with Gasteiger partial charge in [-0.25, -0.2) is 0 Å². The van der Waals surface area contributed by atoms with Crippen LogP contribution in [-0.2, 0) is 0 Å². The Morgan fingerprint density at radius 2 is 1.59 bits per heavy atom. The number of phenolic OH excluding ortho intramolecular Hbond substituents is 1. The first-order valence-electron chi connectivity index (χ1n) is 11.3. The van der Waals surface area contributed by atoms with E-state index in [-0.39, 0.29) is 5.66 Å². The van der Waals surface area contributed by atoms with Crippen molar-refractivity contribution >= 4 is 28.2 Å². The zero-order valence-corrected chi connectivity index (χ0v) is 21.1. The summed E-state index contributed by atoms with van der Waals surface area (Å²) in [6.45, 7) is 6.87. The minimum absolute atomic E-state index is 0.124. The standard InChI is InChI=1S/C25H35N2O.Sn/c1-4-7-10-20-16-18-27-19-24(21-12-14-22(28)15-13-21)26-25(27,17-9-6-3)23(20)11-8-5-2;/h12-15,18-19,26,28H,4-11,17H2,1-3H3;. The van der Waals surface area contributed by atoms with Gasteiger partial charge in [-0.2, -0.15) is 0 Å². The number of fused-ring (bicyclic) bond motifs is 1. The van der Waals surface area contributed by atoms with Crippen LogP contribution in [0.25, 0.3) is 5.70 Å². The number of unbranched alkanes of at least 4 members (excludes halogenated alkanes) is 3. The van der Waals surface area contributed by atoms with E-state index in [4.69, 9.17) is 0 Å². The molecule has 3 nitrogen and oxygen atoms in total. The van der Waals surface area contributed by atoms with Crippen LogP contribution in [0, 0.1) is 0 Å². The molecule has 0 amide bonds. The molecule has 0 aromatic heterocycles. The van der Waals surface area contributed by atoms with Crippen molar-refractivity contribution < 1.29 is 5.11 Å². The fraction of sp³-hybridized carbons (Fsp3) is 0.520. The number of phenols is 1. The predicted octanol–water partition coefficient (Wildman–Crippen LogP) is 6.18. The van der Waals surface area contributed by atoms with Crippen molar-refractivity contribution in [2.24, 2.45) is 0 Å². The molecule has 3 radical (unpaired) electrons. The molecule has 0 bridgehead atoms. The van der Waals surface area contributed by atoms with Crippen molar-refractivity contribution in [3.63, 3.8) is 0 Å². The van der Waals surface area contributed by atoms with Gasteiger partial charge in [0.2, 0.25) is 0 Å². The van der Waals surface area contributed by atoms with Crippen LogP contribution in [0.4, 0.5) is 0 Å². The molecular weight excluding hydrogens is 463 g/mol. The van der Waals surface area contributed by atoms with Crippen LogP contribution in [0.15, 0.2) is 51.4 Å². The summed E-state index contributed by atoms with van der Waals surface area (Å²) in [5, 5.41) is 13.7. The van der Waals surface area contributed by atoms with Crippen LogP contribution >= 0.6 is 0 Å². The molecule has 0 saturated carbocycles. The molecule has 1 aromatic carbocycles. The molecule has 0 spiro atoms. The van der Waals surface area contributed by atoms with Gasteiger partial charge in [-0.3, -0.25) is 0 Å². The normalized spacial score (nSPS) is 21.0. The molecule has 0 saturated heterocycles. The summed E-state index contributed by atoms with van der Waals surface area (Å²) < 4.78 is 1.51. The van der Waals surface area contributed by atoms with Gasteiger partial charge < -0.3 is 0 Å². The molecule has 2 aliphatic rings. The number of nitrogens with zero attached hydrogens (tertiary/aromatic N) is 1. The van der Waals surface area contributed by atoms with E-state index in [1.54, 1.807) is 23.3 Å². The third-order valence-corrected chi connectivity index (χ3v) is 7.37. The van der Waals surface area contributed by atoms with Crippen LogP contribution < -0.4 is 5.32 Å². The molecule has 1 aromatic rings. The molecule has 0 fully saturated rings. The summed E-state index contributed by atoms with van der Waals surface area (Å²) in [5.74, 6) is 0.316. The average molecular weight is 498 g/mol. The van der Waals surface area contributed by atoms with Crippen molar-refractivity contribution in [3.8, 4) is 5.75 Å². The number of rotatable bonds is 10. The third-order valence-electron chi connectivity index (χ3n) is 6.14. The second-order valence-corrected chi connectivity index (χ2v) is 9.83. The fourth-order valence-electron chi connectivity index (χ4n) is 4.49. The molecule has 0 aliphatic carbocycles. The van der Waals surface area contributed by atoms with Gasteiger partial charge in [-0.15, -0.1) is 0 Å².